The molecular weight excluding hydrogens is 238 g/mol. The Morgan fingerprint density at radius 3 is 2.69 bits per heavy atom. The van der Waals surface area contributed by atoms with Gasteiger partial charge in [0.15, 0.2) is 0 Å². The summed E-state index contributed by atoms with van der Waals surface area (Å²) >= 11 is 7.64. The first kappa shape index (κ1) is 12.0. The van der Waals surface area contributed by atoms with E-state index in [2.05, 4.69) is 24.0 Å². The maximum absolute atomic E-state index is 5.83. The molecule has 0 bridgehead atoms. The molecule has 1 aromatic carbocycles. The largest absolute Gasteiger partial charge is 0.310 e. The Kier molecular flexibility index (Phi) is 4.33. The summed E-state index contributed by atoms with van der Waals surface area (Å²) in [5.41, 5.74) is 1.26. The molecule has 1 saturated carbocycles. The van der Waals surface area contributed by atoms with Gasteiger partial charge in [0.25, 0.3) is 0 Å². The van der Waals surface area contributed by atoms with Crippen molar-refractivity contribution in [3.8, 4) is 0 Å². The van der Waals surface area contributed by atoms with Crippen LogP contribution in [0.4, 0.5) is 0 Å². The molecule has 0 radical (unpaired) electrons. The molecule has 0 heterocycles. The normalized spacial score (nSPS) is 15.1. The summed E-state index contributed by atoms with van der Waals surface area (Å²) < 4.78 is 0. The third-order valence-corrected chi connectivity index (χ3v) is 3.88. The first-order valence-electron chi connectivity index (χ1n) is 5.52. The lowest BCUT2D eigenvalue weighted by Gasteiger charge is -2.06. The van der Waals surface area contributed by atoms with Gasteiger partial charge in [0.1, 0.15) is 0 Å². The molecule has 0 spiro atoms. The molecule has 3 heteroatoms. The van der Waals surface area contributed by atoms with Crippen LogP contribution in [0.5, 0.6) is 0 Å². The molecule has 0 unspecified atom stereocenters. The fourth-order valence-electron chi connectivity index (χ4n) is 1.34. The van der Waals surface area contributed by atoms with Crippen LogP contribution in [0.25, 0.3) is 0 Å². The van der Waals surface area contributed by atoms with E-state index in [9.17, 15) is 0 Å². The van der Waals surface area contributed by atoms with Gasteiger partial charge in [-0.15, -0.1) is 11.8 Å². The van der Waals surface area contributed by atoms with Crippen molar-refractivity contribution in [1.82, 2.24) is 5.32 Å². The summed E-state index contributed by atoms with van der Waals surface area (Å²) in [5.74, 6) is 0.974. The van der Waals surface area contributed by atoms with Gasteiger partial charge in [-0.25, -0.2) is 0 Å². The van der Waals surface area contributed by atoms with Gasteiger partial charge in [0, 0.05) is 28.3 Å². The van der Waals surface area contributed by atoms with Crippen molar-refractivity contribution in [1.29, 1.82) is 0 Å². The van der Waals surface area contributed by atoms with Crippen molar-refractivity contribution in [3.63, 3.8) is 0 Å². The maximum Gasteiger partial charge on any atom is 0.0406 e. The zero-order valence-electron chi connectivity index (χ0n) is 9.21. The van der Waals surface area contributed by atoms with E-state index in [0.29, 0.717) is 0 Å². The Bertz CT molecular complexity index is 357. The molecule has 0 atom stereocenters. The van der Waals surface area contributed by atoms with E-state index in [1.807, 2.05) is 23.9 Å². The lowest BCUT2D eigenvalue weighted by Crippen LogP contribution is -2.19. The molecule has 1 aromatic rings. The zero-order chi connectivity index (χ0) is 11.4. The van der Waals surface area contributed by atoms with Crippen molar-refractivity contribution < 1.29 is 0 Å². The highest BCUT2D eigenvalue weighted by Crippen LogP contribution is 2.23. The van der Waals surface area contributed by atoms with Crippen molar-refractivity contribution in [2.24, 2.45) is 0 Å². The summed E-state index contributed by atoms with van der Waals surface area (Å²) in [5, 5.41) is 4.26. The molecule has 0 amide bonds. The minimum absolute atomic E-state index is 0.761. The lowest BCUT2D eigenvalue weighted by molar-refractivity contribution is 0.736. The third-order valence-electron chi connectivity index (χ3n) is 2.47. The molecule has 1 fully saturated rings. The van der Waals surface area contributed by atoms with Gasteiger partial charge in [-0.05, 0) is 37.1 Å². The molecule has 1 nitrogen and oxygen atoms in total. The van der Waals surface area contributed by atoms with Gasteiger partial charge in [0.05, 0.1) is 0 Å². The second-order valence-electron chi connectivity index (χ2n) is 4.15. The number of benzene rings is 1. The minimum atomic E-state index is 0.761. The van der Waals surface area contributed by atoms with Gasteiger partial charge < -0.3 is 5.32 Å². The fourth-order valence-corrected chi connectivity index (χ4v) is 2.27. The molecule has 16 heavy (non-hydrogen) atoms. The Morgan fingerprint density at radius 1 is 1.38 bits per heavy atom. The fraction of sp³-hybridized carbons (Fsp3) is 0.385. The smallest absolute Gasteiger partial charge is 0.0406 e. The van der Waals surface area contributed by atoms with E-state index in [4.69, 9.17) is 11.6 Å². The highest BCUT2D eigenvalue weighted by atomic mass is 35.5. The van der Waals surface area contributed by atoms with Gasteiger partial charge in [0.2, 0.25) is 0 Å². The van der Waals surface area contributed by atoms with Crippen LogP contribution in [0.15, 0.2) is 41.3 Å². The average molecular weight is 254 g/mol. The summed E-state index contributed by atoms with van der Waals surface area (Å²) in [6, 6.07) is 8.71. The molecule has 2 rings (SSSR count). The van der Waals surface area contributed by atoms with Crippen molar-refractivity contribution >= 4 is 23.4 Å². The summed E-state index contributed by atoms with van der Waals surface area (Å²) in [7, 11) is 0. The average Bonchev–Trinajstić information content (AvgIpc) is 3.09. The van der Waals surface area contributed by atoms with E-state index >= 15 is 0 Å². The first-order chi connectivity index (χ1) is 7.74. The monoisotopic (exact) mass is 253 g/mol. The Balaban J connectivity index is 1.69. The minimum Gasteiger partial charge on any atom is -0.310 e. The highest BCUT2D eigenvalue weighted by Gasteiger charge is 2.19. The SMILES string of the molecule is C=C(CNC1CC1)CSc1ccc(Cl)cc1. The van der Waals surface area contributed by atoms with Crippen LogP contribution in [0.1, 0.15) is 12.8 Å². The van der Waals surface area contributed by atoms with Crippen LogP contribution in [-0.2, 0) is 0 Å². The van der Waals surface area contributed by atoms with Crippen LogP contribution in [0, 0.1) is 0 Å². The lowest BCUT2D eigenvalue weighted by atomic mass is 10.3. The number of hydrogen-bond donors (Lipinski definition) is 1. The Labute approximate surface area is 106 Å². The predicted molar refractivity (Wildman–Crippen MR) is 72.3 cm³/mol. The van der Waals surface area contributed by atoms with Crippen molar-refractivity contribution in [2.75, 3.05) is 12.3 Å². The van der Waals surface area contributed by atoms with E-state index < -0.39 is 0 Å². The molecule has 1 N–H and O–H groups in total. The van der Waals surface area contributed by atoms with Crippen molar-refractivity contribution in [3.05, 3.63) is 41.4 Å². The maximum atomic E-state index is 5.83. The van der Waals surface area contributed by atoms with Crippen LogP contribution < -0.4 is 5.32 Å². The third kappa shape index (κ3) is 4.20. The van der Waals surface area contributed by atoms with E-state index in [1.54, 1.807) is 0 Å². The molecule has 1 aliphatic carbocycles. The molecule has 86 valence electrons. The zero-order valence-corrected chi connectivity index (χ0v) is 10.8. The standard InChI is InChI=1S/C13H16ClNS/c1-10(8-15-12-4-5-12)9-16-13-6-2-11(14)3-7-13/h2-3,6-7,12,15H,1,4-5,8-9H2. The van der Waals surface area contributed by atoms with Gasteiger partial charge >= 0.3 is 0 Å². The van der Waals surface area contributed by atoms with Gasteiger partial charge in [-0.3, -0.25) is 0 Å². The number of nitrogens with one attached hydrogen (secondary N) is 1. The summed E-state index contributed by atoms with van der Waals surface area (Å²) in [4.78, 5) is 1.25. The number of rotatable bonds is 6. The molecule has 0 aliphatic heterocycles. The van der Waals surface area contributed by atoms with E-state index in [1.165, 1.54) is 23.3 Å². The molecule has 0 saturated heterocycles. The highest BCUT2D eigenvalue weighted by molar-refractivity contribution is 7.99. The van der Waals surface area contributed by atoms with Crippen LogP contribution in [-0.4, -0.2) is 18.3 Å². The molecule has 0 aromatic heterocycles. The topological polar surface area (TPSA) is 12.0 Å². The number of thioether (sulfide) groups is 1. The second-order valence-corrected chi connectivity index (χ2v) is 5.63. The molecular formula is C13H16ClNS. The second kappa shape index (κ2) is 5.76. The quantitative estimate of drug-likeness (QED) is 0.612. The van der Waals surface area contributed by atoms with Gasteiger partial charge in [-0.1, -0.05) is 23.8 Å². The summed E-state index contributed by atoms with van der Waals surface area (Å²) in [6.45, 7) is 5.03. The Hall–Kier alpha value is -0.440. The van der Waals surface area contributed by atoms with Crippen LogP contribution in [0.2, 0.25) is 5.02 Å². The number of halogens is 1. The van der Waals surface area contributed by atoms with E-state index in [-0.39, 0.29) is 0 Å². The Morgan fingerprint density at radius 2 is 2.06 bits per heavy atom. The van der Waals surface area contributed by atoms with Crippen molar-refractivity contribution in [2.45, 2.75) is 23.8 Å². The molecule has 1 aliphatic rings. The summed E-state index contributed by atoms with van der Waals surface area (Å²) in [6.07, 6.45) is 2.66. The predicted octanol–water partition coefficient (Wildman–Crippen LogP) is 3.74. The first-order valence-corrected chi connectivity index (χ1v) is 6.89. The van der Waals surface area contributed by atoms with Crippen LogP contribution >= 0.6 is 23.4 Å². The number of hydrogen-bond acceptors (Lipinski definition) is 2. The van der Waals surface area contributed by atoms with Crippen LogP contribution in [0.3, 0.4) is 0 Å². The van der Waals surface area contributed by atoms with E-state index in [0.717, 1.165) is 23.4 Å². The van der Waals surface area contributed by atoms with Gasteiger partial charge in [-0.2, -0.15) is 0 Å².